The molecule has 3 aromatic carbocycles. The van der Waals surface area contributed by atoms with E-state index >= 15 is 0 Å². The average molecular weight is 684 g/mol. The van der Waals surface area contributed by atoms with Crippen molar-refractivity contribution in [2.24, 2.45) is 5.92 Å². The van der Waals surface area contributed by atoms with E-state index in [1.807, 2.05) is 80.7 Å². The van der Waals surface area contributed by atoms with Crippen molar-refractivity contribution in [3.05, 3.63) is 107 Å². The van der Waals surface area contributed by atoms with Crippen LogP contribution >= 0.6 is 0 Å². The van der Waals surface area contributed by atoms with Crippen LogP contribution in [0.15, 0.2) is 78.9 Å². The van der Waals surface area contributed by atoms with Crippen LogP contribution in [0.25, 0.3) is 0 Å². The Morgan fingerprint density at radius 1 is 0.980 bits per heavy atom. The Morgan fingerprint density at radius 2 is 1.61 bits per heavy atom. The number of carbonyl (C=O) groups is 2. The average Bonchev–Trinajstić information content (AvgIpc) is 3.61. The highest BCUT2D eigenvalue weighted by Gasteiger charge is 2.47. The van der Waals surface area contributed by atoms with Crippen LogP contribution in [0, 0.1) is 5.92 Å². The van der Waals surface area contributed by atoms with E-state index in [0.717, 1.165) is 22.3 Å². The van der Waals surface area contributed by atoms with Gasteiger partial charge in [0, 0.05) is 37.2 Å². The largest absolute Gasteiger partial charge is 0.471 e. The van der Waals surface area contributed by atoms with E-state index in [4.69, 9.17) is 9.47 Å². The van der Waals surface area contributed by atoms with E-state index in [2.05, 4.69) is 17.1 Å². The maximum atomic E-state index is 13.0. The second kappa shape index (κ2) is 15.8. The minimum absolute atomic E-state index is 0.0699. The van der Waals surface area contributed by atoms with Gasteiger partial charge < -0.3 is 29.9 Å². The Hall–Kier alpha value is -3.81. The number of hydrogen-bond donors (Lipinski definition) is 3. The number of aliphatic hydroxyl groups excluding tert-OH is 2. The molecule has 7 atom stereocenters. The molecule has 2 saturated heterocycles. The molecule has 0 aliphatic carbocycles. The Balaban J connectivity index is 1.28. The lowest BCUT2D eigenvalue weighted by Gasteiger charge is -2.43. The summed E-state index contributed by atoms with van der Waals surface area (Å²) in [6.07, 6.45) is -6.60. The van der Waals surface area contributed by atoms with Crippen LogP contribution in [0.4, 0.5) is 13.2 Å². The highest BCUT2D eigenvalue weighted by atomic mass is 19.4. The fourth-order valence-corrected chi connectivity index (χ4v) is 6.49. The summed E-state index contributed by atoms with van der Waals surface area (Å²) < 4.78 is 52.1. The number of nitrogens with one attached hydrogen (secondary N) is 1. The molecule has 5 rings (SSSR count). The van der Waals surface area contributed by atoms with Gasteiger partial charge in [-0.2, -0.15) is 13.2 Å². The molecule has 49 heavy (non-hydrogen) atoms. The van der Waals surface area contributed by atoms with Crippen molar-refractivity contribution in [1.82, 2.24) is 15.1 Å². The van der Waals surface area contributed by atoms with Crippen LogP contribution < -0.4 is 5.32 Å². The predicted octanol–water partition coefficient (Wildman–Crippen LogP) is 5.19. The van der Waals surface area contributed by atoms with E-state index in [-0.39, 0.29) is 50.3 Å². The first kappa shape index (κ1) is 36.5. The Morgan fingerprint density at radius 3 is 2.24 bits per heavy atom. The third-order valence-corrected chi connectivity index (χ3v) is 9.66. The molecule has 0 unspecified atom stereocenters. The fourth-order valence-electron chi connectivity index (χ4n) is 6.49. The zero-order valence-corrected chi connectivity index (χ0v) is 27.8. The molecule has 2 fully saturated rings. The lowest BCUT2D eigenvalue weighted by molar-refractivity contribution is -0.276. The minimum atomic E-state index is -5.03. The van der Waals surface area contributed by atoms with Crippen LogP contribution in [-0.2, 0) is 32.2 Å². The molecule has 264 valence electrons. The van der Waals surface area contributed by atoms with Crippen molar-refractivity contribution in [3.8, 4) is 0 Å². The number of hydrogen-bond acceptors (Lipinski definition) is 7. The van der Waals surface area contributed by atoms with Gasteiger partial charge in [0.1, 0.15) is 6.04 Å². The number of aliphatic hydroxyl groups is 2. The molecule has 0 aromatic heterocycles. The maximum Gasteiger partial charge on any atom is 0.471 e. The Labute approximate surface area is 284 Å². The smallest absolute Gasteiger partial charge is 0.392 e. The lowest BCUT2D eigenvalue weighted by Crippen LogP contribution is -2.50. The van der Waals surface area contributed by atoms with E-state index < -0.39 is 36.4 Å². The summed E-state index contributed by atoms with van der Waals surface area (Å²) in [4.78, 5) is 27.2. The molecule has 2 aliphatic rings. The first-order valence-electron chi connectivity index (χ1n) is 16.6. The van der Waals surface area contributed by atoms with Gasteiger partial charge in [-0.3, -0.25) is 14.5 Å². The number of likely N-dealkylation sites (N-methyl/N-ethyl adjacent to an activating group) is 1. The molecule has 2 amide bonds. The molecule has 0 spiro atoms. The molecule has 0 saturated carbocycles. The third-order valence-electron chi connectivity index (χ3n) is 9.66. The summed E-state index contributed by atoms with van der Waals surface area (Å²) in [6.45, 7) is 4.44. The SMILES string of the molecule is C[C@H]1[C@@H](CN(C)[C@H](C)[C@@H](O)c2ccccc2)O[C@@H](c2ccc(CNC(=O)[C@@H]3CCCN3C(=O)C(F)(F)F)cc2)O[C@H]1c1ccc(CO)cc1. The number of alkyl halides is 3. The van der Waals surface area contributed by atoms with Gasteiger partial charge >= 0.3 is 12.1 Å². The van der Waals surface area contributed by atoms with E-state index in [9.17, 15) is 33.0 Å². The molecule has 2 aliphatic heterocycles. The number of likely N-dealkylation sites (tertiary alicyclic amines) is 1. The summed E-state index contributed by atoms with van der Waals surface area (Å²) in [5, 5.41) is 23.3. The predicted molar refractivity (Wildman–Crippen MR) is 176 cm³/mol. The number of ether oxygens (including phenoxy) is 2. The molecule has 0 radical (unpaired) electrons. The second-order valence-corrected chi connectivity index (χ2v) is 13.0. The van der Waals surface area contributed by atoms with E-state index in [0.29, 0.717) is 23.4 Å². The van der Waals surface area contributed by atoms with E-state index in [1.165, 1.54) is 0 Å². The third kappa shape index (κ3) is 8.68. The highest BCUT2D eigenvalue weighted by molar-refractivity contribution is 5.90. The standard InChI is InChI=1S/C37H44F3N3O6/c1-23-31(21-42(3)24(2)32(45)27-8-5-4-6-9-27)48-35(49-33(23)28-15-13-26(22-44)14-16-28)29-17-11-25(12-18-29)20-41-34(46)30-10-7-19-43(30)36(47)37(38,39)40/h4-6,8-9,11-18,23-24,30-33,35,44-45H,7,10,19-22H2,1-3H3,(H,41,46)/t23-,24+,30-,31+,32+,33+,35+/m0/s1. The highest BCUT2D eigenvalue weighted by Crippen LogP contribution is 2.42. The summed E-state index contributed by atoms with van der Waals surface area (Å²) in [6, 6.07) is 23.0. The van der Waals surface area contributed by atoms with Crippen molar-refractivity contribution in [3.63, 3.8) is 0 Å². The quantitative estimate of drug-likeness (QED) is 0.255. The molecule has 3 N–H and O–H groups in total. The molecule has 2 heterocycles. The molecular formula is C37H44F3N3O6. The van der Waals surface area contributed by atoms with Gasteiger partial charge in [0.2, 0.25) is 5.91 Å². The zero-order chi connectivity index (χ0) is 35.3. The molecular weight excluding hydrogens is 639 g/mol. The normalized spacial score (nSPS) is 24.1. The van der Waals surface area contributed by atoms with Crippen LogP contribution in [0.2, 0.25) is 0 Å². The lowest BCUT2D eigenvalue weighted by atomic mass is 9.89. The molecule has 9 nitrogen and oxygen atoms in total. The van der Waals surface area contributed by atoms with Gasteiger partial charge in [-0.1, -0.05) is 85.8 Å². The Kier molecular flexibility index (Phi) is 11.8. The summed E-state index contributed by atoms with van der Waals surface area (Å²) in [7, 11) is 1.95. The molecule has 0 bridgehead atoms. The number of halogens is 3. The summed E-state index contributed by atoms with van der Waals surface area (Å²) in [5.41, 5.74) is 4.00. The van der Waals surface area contributed by atoms with E-state index in [1.54, 1.807) is 12.1 Å². The van der Waals surface area contributed by atoms with Crippen molar-refractivity contribution in [1.29, 1.82) is 0 Å². The molecule has 12 heteroatoms. The van der Waals surface area contributed by atoms with Gasteiger partial charge in [-0.05, 0) is 49.1 Å². The van der Waals surface area contributed by atoms with Gasteiger partial charge in [0.15, 0.2) is 6.29 Å². The first-order valence-corrected chi connectivity index (χ1v) is 16.6. The van der Waals surface area contributed by atoms with Crippen molar-refractivity contribution in [2.75, 3.05) is 20.1 Å². The monoisotopic (exact) mass is 683 g/mol. The number of rotatable bonds is 11. The van der Waals surface area contributed by atoms with Gasteiger partial charge in [-0.25, -0.2) is 0 Å². The first-order chi connectivity index (χ1) is 23.4. The summed E-state index contributed by atoms with van der Waals surface area (Å²) >= 11 is 0. The van der Waals surface area contributed by atoms with Gasteiger partial charge in [0.05, 0.1) is 24.9 Å². The fraction of sp³-hybridized carbons (Fsp3) is 0.459. The molecule has 3 aromatic rings. The Bertz CT molecular complexity index is 1540. The maximum absolute atomic E-state index is 13.0. The number of carbonyl (C=O) groups excluding carboxylic acids is 2. The van der Waals surface area contributed by atoms with Crippen molar-refractivity contribution < 1.29 is 42.4 Å². The number of nitrogens with zero attached hydrogens (tertiary/aromatic N) is 2. The number of benzene rings is 3. The minimum Gasteiger partial charge on any atom is -0.392 e. The van der Waals surface area contributed by atoms with Crippen LogP contribution in [-0.4, -0.2) is 76.3 Å². The zero-order valence-electron chi connectivity index (χ0n) is 27.8. The van der Waals surface area contributed by atoms with Gasteiger partial charge in [-0.15, -0.1) is 0 Å². The number of amides is 2. The topological polar surface area (TPSA) is 112 Å². The van der Waals surface area contributed by atoms with Crippen molar-refractivity contribution >= 4 is 11.8 Å². The van der Waals surface area contributed by atoms with Crippen LogP contribution in [0.3, 0.4) is 0 Å². The second-order valence-electron chi connectivity index (χ2n) is 13.0. The van der Waals surface area contributed by atoms with Gasteiger partial charge in [0.25, 0.3) is 0 Å². The van der Waals surface area contributed by atoms with Crippen LogP contribution in [0.5, 0.6) is 0 Å². The van der Waals surface area contributed by atoms with Crippen molar-refractivity contribution in [2.45, 2.75) is 82.7 Å². The van der Waals surface area contributed by atoms with Crippen LogP contribution in [0.1, 0.15) is 73.0 Å². The summed E-state index contributed by atoms with van der Waals surface area (Å²) in [5.74, 6) is -2.69.